The first-order chi connectivity index (χ1) is 8.08. The van der Waals surface area contributed by atoms with E-state index in [1.54, 1.807) is 0 Å². The van der Waals surface area contributed by atoms with Crippen molar-refractivity contribution in [3.8, 4) is 0 Å². The van der Waals surface area contributed by atoms with E-state index in [-0.39, 0.29) is 18.3 Å². The van der Waals surface area contributed by atoms with Crippen LogP contribution in [0.3, 0.4) is 0 Å². The highest BCUT2D eigenvalue weighted by atomic mass is 35.5. The fourth-order valence-corrected chi connectivity index (χ4v) is 2.39. The summed E-state index contributed by atoms with van der Waals surface area (Å²) < 4.78 is 0. The summed E-state index contributed by atoms with van der Waals surface area (Å²) in [6, 6.07) is 0.737. The Morgan fingerprint density at radius 3 is 2.61 bits per heavy atom. The molecule has 0 aromatic carbocycles. The smallest absolute Gasteiger partial charge is 0.221 e. The van der Waals surface area contributed by atoms with Gasteiger partial charge in [-0.15, -0.1) is 12.4 Å². The lowest BCUT2D eigenvalue weighted by atomic mass is 10.0. The van der Waals surface area contributed by atoms with E-state index in [9.17, 15) is 4.79 Å². The highest BCUT2D eigenvalue weighted by molar-refractivity contribution is 5.85. The van der Waals surface area contributed by atoms with Gasteiger partial charge in [0, 0.05) is 18.5 Å². The molecule has 0 aromatic rings. The van der Waals surface area contributed by atoms with E-state index in [1.807, 2.05) is 0 Å². The molecule has 1 amide bonds. The summed E-state index contributed by atoms with van der Waals surface area (Å²) in [4.78, 5) is 11.8. The van der Waals surface area contributed by atoms with Crippen molar-refractivity contribution in [3.63, 3.8) is 0 Å². The van der Waals surface area contributed by atoms with Crippen LogP contribution in [0.1, 0.15) is 59.3 Å². The predicted molar refractivity (Wildman–Crippen MR) is 79.2 cm³/mol. The van der Waals surface area contributed by atoms with Crippen LogP contribution in [0.25, 0.3) is 0 Å². The van der Waals surface area contributed by atoms with Crippen molar-refractivity contribution in [3.05, 3.63) is 0 Å². The number of hydrogen-bond donors (Lipinski definition) is 2. The number of carbonyl (C=O) groups is 1. The topological polar surface area (TPSA) is 41.1 Å². The van der Waals surface area contributed by atoms with Gasteiger partial charge in [-0.3, -0.25) is 4.79 Å². The van der Waals surface area contributed by atoms with Gasteiger partial charge in [0.15, 0.2) is 0 Å². The number of amides is 1. The zero-order valence-corrected chi connectivity index (χ0v) is 12.8. The summed E-state index contributed by atoms with van der Waals surface area (Å²) in [5.74, 6) is 0.974. The quantitative estimate of drug-likeness (QED) is 0.751. The first kappa shape index (κ1) is 17.7. The van der Waals surface area contributed by atoms with Crippen molar-refractivity contribution in [2.45, 2.75) is 71.4 Å². The van der Waals surface area contributed by atoms with E-state index in [4.69, 9.17) is 0 Å². The van der Waals surface area contributed by atoms with Gasteiger partial charge >= 0.3 is 0 Å². The summed E-state index contributed by atoms with van der Waals surface area (Å²) in [5, 5.41) is 6.46. The molecule has 1 fully saturated rings. The zero-order chi connectivity index (χ0) is 12.7. The molecule has 0 spiro atoms. The minimum atomic E-state index is 0. The Kier molecular flexibility index (Phi) is 9.47. The molecule has 108 valence electrons. The Hall–Kier alpha value is -0.280. The first-order valence-corrected chi connectivity index (χ1v) is 7.10. The molecule has 1 aliphatic rings. The normalized spacial score (nSPS) is 20.6. The molecule has 3 nitrogen and oxygen atoms in total. The Balaban J connectivity index is 0.00000289. The zero-order valence-electron chi connectivity index (χ0n) is 12.0. The number of nitrogens with one attached hydrogen (secondary N) is 2. The number of halogens is 1. The van der Waals surface area contributed by atoms with E-state index in [0.29, 0.717) is 18.5 Å². The van der Waals surface area contributed by atoms with Crippen LogP contribution >= 0.6 is 12.4 Å². The molecule has 1 rings (SSSR count). The van der Waals surface area contributed by atoms with E-state index in [1.165, 1.54) is 19.3 Å². The summed E-state index contributed by atoms with van der Waals surface area (Å²) in [6.45, 7) is 7.67. The second-order valence-electron chi connectivity index (χ2n) is 5.79. The molecule has 0 radical (unpaired) electrons. The SMILES string of the molecule is CC(C)CCCC(C)NC(=O)CC1CCCN1.Cl. The molecule has 4 heteroatoms. The van der Waals surface area contributed by atoms with Crippen molar-refractivity contribution < 1.29 is 4.79 Å². The first-order valence-electron chi connectivity index (χ1n) is 7.10. The average molecular weight is 277 g/mol. The lowest BCUT2D eigenvalue weighted by molar-refractivity contribution is -0.122. The van der Waals surface area contributed by atoms with E-state index in [0.717, 1.165) is 25.3 Å². The second-order valence-corrected chi connectivity index (χ2v) is 5.79. The molecule has 1 heterocycles. The van der Waals surface area contributed by atoms with Crippen LogP contribution in [0.15, 0.2) is 0 Å². The second kappa shape index (κ2) is 9.62. The van der Waals surface area contributed by atoms with Crippen LogP contribution in [0.5, 0.6) is 0 Å². The third kappa shape index (κ3) is 7.93. The van der Waals surface area contributed by atoms with Crippen LogP contribution in [0.2, 0.25) is 0 Å². The van der Waals surface area contributed by atoms with Gasteiger partial charge in [-0.1, -0.05) is 26.7 Å². The van der Waals surface area contributed by atoms with Crippen molar-refractivity contribution in [1.82, 2.24) is 10.6 Å². The summed E-state index contributed by atoms with van der Waals surface area (Å²) >= 11 is 0. The fourth-order valence-electron chi connectivity index (χ4n) is 2.39. The average Bonchev–Trinajstić information content (AvgIpc) is 2.69. The summed E-state index contributed by atoms with van der Waals surface area (Å²) in [7, 11) is 0. The minimum absolute atomic E-state index is 0. The minimum Gasteiger partial charge on any atom is -0.354 e. The molecular weight excluding hydrogens is 248 g/mol. The van der Waals surface area contributed by atoms with Crippen LogP contribution in [0, 0.1) is 5.92 Å². The van der Waals surface area contributed by atoms with Gasteiger partial charge in [0.05, 0.1) is 0 Å². The van der Waals surface area contributed by atoms with Crippen LogP contribution in [0.4, 0.5) is 0 Å². The lowest BCUT2D eigenvalue weighted by Crippen LogP contribution is -2.36. The van der Waals surface area contributed by atoms with Gasteiger partial charge in [0.25, 0.3) is 0 Å². The maximum absolute atomic E-state index is 11.8. The molecule has 2 atom stereocenters. The van der Waals surface area contributed by atoms with Crippen molar-refractivity contribution >= 4 is 18.3 Å². The Labute approximate surface area is 118 Å². The highest BCUT2D eigenvalue weighted by Gasteiger charge is 2.18. The molecule has 18 heavy (non-hydrogen) atoms. The maximum Gasteiger partial charge on any atom is 0.221 e. The summed E-state index contributed by atoms with van der Waals surface area (Å²) in [5.41, 5.74) is 0. The Morgan fingerprint density at radius 1 is 1.33 bits per heavy atom. The summed E-state index contributed by atoms with van der Waals surface area (Å²) in [6.07, 6.45) is 6.57. The van der Waals surface area contributed by atoms with Gasteiger partial charge in [-0.25, -0.2) is 0 Å². The number of hydrogen-bond acceptors (Lipinski definition) is 2. The maximum atomic E-state index is 11.8. The Morgan fingerprint density at radius 2 is 2.06 bits per heavy atom. The number of carbonyl (C=O) groups excluding carboxylic acids is 1. The highest BCUT2D eigenvalue weighted by Crippen LogP contribution is 2.10. The molecule has 0 bridgehead atoms. The Bertz CT molecular complexity index is 228. The van der Waals surface area contributed by atoms with Gasteiger partial charge < -0.3 is 10.6 Å². The van der Waals surface area contributed by atoms with Gasteiger partial charge in [-0.05, 0) is 38.6 Å². The third-order valence-electron chi connectivity index (χ3n) is 3.42. The third-order valence-corrected chi connectivity index (χ3v) is 3.42. The van der Waals surface area contributed by atoms with E-state index >= 15 is 0 Å². The molecule has 2 unspecified atom stereocenters. The molecule has 0 aliphatic carbocycles. The lowest BCUT2D eigenvalue weighted by Gasteiger charge is -2.16. The van der Waals surface area contributed by atoms with Crippen LogP contribution in [-0.2, 0) is 4.79 Å². The molecule has 1 aliphatic heterocycles. The van der Waals surface area contributed by atoms with Crippen molar-refractivity contribution in [1.29, 1.82) is 0 Å². The van der Waals surface area contributed by atoms with Crippen LogP contribution < -0.4 is 10.6 Å². The van der Waals surface area contributed by atoms with Gasteiger partial charge in [0.2, 0.25) is 5.91 Å². The predicted octanol–water partition coefficient (Wildman–Crippen LogP) is 2.88. The van der Waals surface area contributed by atoms with Crippen molar-refractivity contribution in [2.75, 3.05) is 6.54 Å². The number of rotatable bonds is 7. The van der Waals surface area contributed by atoms with Crippen LogP contribution in [-0.4, -0.2) is 24.5 Å². The largest absolute Gasteiger partial charge is 0.354 e. The standard InChI is InChI=1S/C14H28N2O.ClH/c1-11(2)6-4-7-12(3)16-14(17)10-13-8-5-9-15-13;/h11-13,15H,4-10H2,1-3H3,(H,16,17);1H. The molecular formula is C14H29ClN2O. The molecule has 1 saturated heterocycles. The van der Waals surface area contributed by atoms with Gasteiger partial charge in [-0.2, -0.15) is 0 Å². The molecule has 0 aromatic heterocycles. The monoisotopic (exact) mass is 276 g/mol. The van der Waals surface area contributed by atoms with E-state index < -0.39 is 0 Å². The van der Waals surface area contributed by atoms with E-state index in [2.05, 4.69) is 31.4 Å². The van der Waals surface area contributed by atoms with Crippen molar-refractivity contribution in [2.24, 2.45) is 5.92 Å². The fraction of sp³-hybridized carbons (Fsp3) is 0.929. The molecule has 2 N–H and O–H groups in total. The molecule has 0 saturated carbocycles. The van der Waals surface area contributed by atoms with Gasteiger partial charge in [0.1, 0.15) is 0 Å².